The number of hydrogen-bond donors (Lipinski definition) is 1. The number of carbonyl (C=O) groups is 1. The molecule has 0 aliphatic heterocycles. The number of aromatic nitrogens is 2. The Morgan fingerprint density at radius 3 is 1.61 bits per heavy atom. The number of aliphatic hydroxyl groups excluding tert-OH is 1. The molecule has 0 unspecified atom stereocenters. The summed E-state index contributed by atoms with van der Waals surface area (Å²) in [4.78, 5) is 20.7. The first-order chi connectivity index (χ1) is 14.4. The van der Waals surface area contributed by atoms with Crippen LogP contribution in [0.2, 0.25) is 0 Å². The molecule has 0 bridgehead atoms. The normalized spacial score (nSPS) is 10.8. The van der Waals surface area contributed by atoms with E-state index in [1.165, 1.54) is 0 Å². The highest BCUT2D eigenvalue weighted by Crippen LogP contribution is 2.32. The monoisotopic (exact) mass is 430 g/mol. The first-order valence-electron chi connectivity index (χ1n) is 10.6. The highest BCUT2D eigenvalue weighted by atomic mass is 16.5. The molecule has 6 heteroatoms. The van der Waals surface area contributed by atoms with Crippen LogP contribution in [0.3, 0.4) is 0 Å². The summed E-state index contributed by atoms with van der Waals surface area (Å²) >= 11 is 0. The predicted octanol–water partition coefficient (Wildman–Crippen LogP) is 5.36. The van der Waals surface area contributed by atoms with Crippen molar-refractivity contribution >= 4 is 5.78 Å². The molecule has 2 aromatic rings. The minimum absolute atomic E-state index is 0.0103. The summed E-state index contributed by atoms with van der Waals surface area (Å²) in [6.45, 7) is 17.5. The van der Waals surface area contributed by atoms with E-state index in [2.05, 4.69) is 23.8 Å². The Balaban J connectivity index is 0.000000311. The van der Waals surface area contributed by atoms with Gasteiger partial charge in [-0.3, -0.25) is 14.8 Å². The Morgan fingerprint density at radius 2 is 1.26 bits per heavy atom. The van der Waals surface area contributed by atoms with Crippen molar-refractivity contribution in [2.45, 2.75) is 80.8 Å². The Kier molecular flexibility index (Phi) is 9.63. The van der Waals surface area contributed by atoms with Crippen LogP contribution in [0.5, 0.6) is 11.5 Å². The van der Waals surface area contributed by atoms with Crippen molar-refractivity contribution in [3.05, 3.63) is 45.0 Å². The minimum atomic E-state index is -0.0230. The third kappa shape index (κ3) is 5.82. The van der Waals surface area contributed by atoms with Gasteiger partial charge in [0.05, 0.1) is 37.8 Å². The molecule has 0 radical (unpaired) electrons. The van der Waals surface area contributed by atoms with E-state index in [1.807, 2.05) is 41.5 Å². The van der Waals surface area contributed by atoms with Crippen LogP contribution in [-0.4, -0.2) is 35.1 Å². The summed E-state index contributed by atoms with van der Waals surface area (Å²) in [5, 5.41) is 9.37. The molecule has 0 aromatic carbocycles. The zero-order chi connectivity index (χ0) is 24.0. The molecule has 0 amide bonds. The van der Waals surface area contributed by atoms with Crippen molar-refractivity contribution in [2.75, 3.05) is 14.2 Å². The second kappa shape index (κ2) is 11.2. The molecule has 0 fully saturated rings. The number of aryl methyl sites for hydroxylation is 2. The van der Waals surface area contributed by atoms with Gasteiger partial charge in [0.1, 0.15) is 11.5 Å². The minimum Gasteiger partial charge on any atom is -0.496 e. The van der Waals surface area contributed by atoms with E-state index in [0.717, 1.165) is 45.2 Å². The van der Waals surface area contributed by atoms with Gasteiger partial charge in [0.2, 0.25) is 0 Å². The van der Waals surface area contributed by atoms with Gasteiger partial charge in [-0.2, -0.15) is 0 Å². The molecule has 2 heterocycles. The van der Waals surface area contributed by atoms with Crippen molar-refractivity contribution in [3.8, 4) is 11.5 Å². The lowest BCUT2D eigenvalue weighted by Gasteiger charge is -2.17. The molecule has 0 saturated heterocycles. The third-order valence-corrected chi connectivity index (χ3v) is 5.42. The Bertz CT molecular complexity index is 934. The highest BCUT2D eigenvalue weighted by molar-refractivity contribution is 5.98. The summed E-state index contributed by atoms with van der Waals surface area (Å²) in [6, 6.07) is 0. The Hall–Kier alpha value is -2.47. The van der Waals surface area contributed by atoms with Crippen molar-refractivity contribution in [1.29, 1.82) is 0 Å². The van der Waals surface area contributed by atoms with Crippen molar-refractivity contribution < 1.29 is 19.4 Å². The fourth-order valence-electron chi connectivity index (χ4n) is 3.55. The predicted molar refractivity (Wildman–Crippen MR) is 125 cm³/mol. The lowest BCUT2D eigenvalue weighted by Crippen LogP contribution is -2.10. The van der Waals surface area contributed by atoms with Gasteiger partial charge in [-0.15, -0.1) is 0 Å². The number of hydrogen-bond acceptors (Lipinski definition) is 6. The fraction of sp³-hybridized carbons (Fsp3) is 0.560. The Morgan fingerprint density at radius 1 is 0.839 bits per heavy atom. The van der Waals surface area contributed by atoms with Gasteiger partial charge >= 0.3 is 0 Å². The molecule has 172 valence electrons. The Labute approximate surface area is 187 Å². The topological polar surface area (TPSA) is 81.5 Å². The number of Topliss-reactive ketones (excluding diaryl/α,β-unsaturated/α-hetero) is 1. The van der Waals surface area contributed by atoms with Gasteiger partial charge in [0, 0.05) is 28.1 Å². The van der Waals surface area contributed by atoms with E-state index < -0.39 is 0 Å². The van der Waals surface area contributed by atoms with Crippen LogP contribution < -0.4 is 9.47 Å². The summed E-state index contributed by atoms with van der Waals surface area (Å²) in [7, 11) is 3.23. The zero-order valence-corrected chi connectivity index (χ0v) is 20.9. The van der Waals surface area contributed by atoms with Crippen molar-refractivity contribution in [3.63, 3.8) is 0 Å². The molecular weight excluding hydrogens is 392 g/mol. The standard InChI is InChI=1S/C13H19NO2.C12H19NO2/c1-7(2)12-11(10(5)15)13(16-6)8(3)9(4)14-12;1-7(2)11-10(6-14)12(15-5)8(3)9(4)13-11/h7H,1-6H3;7,14H,6H2,1-5H3. The lowest BCUT2D eigenvalue weighted by atomic mass is 9.97. The maximum Gasteiger partial charge on any atom is 0.165 e. The van der Waals surface area contributed by atoms with Gasteiger partial charge in [-0.1, -0.05) is 27.7 Å². The molecule has 0 aliphatic rings. The molecule has 0 saturated carbocycles. The number of nitrogens with zero attached hydrogens (tertiary/aromatic N) is 2. The van der Waals surface area contributed by atoms with Gasteiger partial charge in [-0.05, 0) is 46.5 Å². The number of ketones is 1. The van der Waals surface area contributed by atoms with Gasteiger partial charge < -0.3 is 14.6 Å². The van der Waals surface area contributed by atoms with Crippen LogP contribution in [0.4, 0.5) is 0 Å². The summed E-state index contributed by atoms with van der Waals surface area (Å²) < 4.78 is 10.7. The molecule has 0 atom stereocenters. The average molecular weight is 431 g/mol. The van der Waals surface area contributed by atoms with Crippen LogP contribution in [0.15, 0.2) is 0 Å². The summed E-state index contributed by atoms with van der Waals surface area (Å²) in [5.74, 6) is 1.96. The maximum atomic E-state index is 11.7. The number of carbonyl (C=O) groups excluding carboxylic acids is 1. The largest absolute Gasteiger partial charge is 0.496 e. The molecule has 6 nitrogen and oxygen atoms in total. The van der Waals surface area contributed by atoms with Crippen LogP contribution in [-0.2, 0) is 6.61 Å². The van der Waals surface area contributed by atoms with Crippen molar-refractivity contribution in [1.82, 2.24) is 9.97 Å². The number of pyridine rings is 2. The molecule has 2 aromatic heterocycles. The van der Waals surface area contributed by atoms with Gasteiger partial charge in [-0.25, -0.2) is 0 Å². The van der Waals surface area contributed by atoms with E-state index >= 15 is 0 Å². The van der Waals surface area contributed by atoms with Gasteiger partial charge in [0.25, 0.3) is 0 Å². The molecule has 31 heavy (non-hydrogen) atoms. The zero-order valence-electron chi connectivity index (χ0n) is 20.9. The lowest BCUT2D eigenvalue weighted by molar-refractivity contribution is 0.101. The number of aliphatic hydroxyl groups is 1. The smallest absolute Gasteiger partial charge is 0.165 e. The second-order valence-corrected chi connectivity index (χ2v) is 8.36. The molecule has 0 aliphatic carbocycles. The van der Waals surface area contributed by atoms with Crippen LogP contribution in [0.25, 0.3) is 0 Å². The van der Waals surface area contributed by atoms with E-state index in [-0.39, 0.29) is 18.3 Å². The van der Waals surface area contributed by atoms with Crippen molar-refractivity contribution in [2.24, 2.45) is 0 Å². The highest BCUT2D eigenvalue weighted by Gasteiger charge is 2.21. The number of methoxy groups -OCH3 is 2. The first kappa shape index (κ1) is 26.6. The summed E-state index contributed by atoms with van der Waals surface area (Å²) in [5.41, 5.74) is 7.03. The van der Waals surface area contributed by atoms with E-state index in [1.54, 1.807) is 21.1 Å². The van der Waals surface area contributed by atoms with Crippen LogP contribution in [0, 0.1) is 27.7 Å². The van der Waals surface area contributed by atoms with Crippen LogP contribution in [0.1, 0.15) is 96.3 Å². The SMILES string of the molecule is COc1c(C)c(C)nc(C(C)C)c1C(C)=O.COc1c(C)c(C)nc(C(C)C)c1CO. The molecular formula is C25H38N2O4. The molecule has 0 spiro atoms. The van der Waals surface area contributed by atoms with E-state index in [9.17, 15) is 9.90 Å². The molecule has 1 N–H and O–H groups in total. The summed E-state index contributed by atoms with van der Waals surface area (Å²) in [6.07, 6.45) is 0. The quantitative estimate of drug-likeness (QED) is 0.622. The van der Waals surface area contributed by atoms with E-state index in [4.69, 9.17) is 9.47 Å². The maximum absolute atomic E-state index is 11.7. The van der Waals surface area contributed by atoms with Gasteiger partial charge in [0.15, 0.2) is 5.78 Å². The molecule has 2 rings (SSSR count). The number of rotatable bonds is 6. The second-order valence-electron chi connectivity index (χ2n) is 8.36. The third-order valence-electron chi connectivity index (χ3n) is 5.42. The average Bonchev–Trinajstić information content (AvgIpc) is 2.70. The van der Waals surface area contributed by atoms with Crippen LogP contribution >= 0.6 is 0 Å². The fourth-order valence-corrected chi connectivity index (χ4v) is 3.55. The number of ether oxygens (including phenoxy) is 2. The van der Waals surface area contributed by atoms with E-state index in [0.29, 0.717) is 17.2 Å². The first-order valence-corrected chi connectivity index (χ1v) is 10.6.